The molecule has 0 atom stereocenters. The minimum atomic E-state index is 0.835. The normalized spacial score (nSPS) is 15.7. The number of fused-ring (bicyclic) bond motifs is 1. The van der Waals surface area contributed by atoms with E-state index in [0.29, 0.717) is 0 Å². The van der Waals surface area contributed by atoms with Crippen molar-refractivity contribution in [2.45, 2.75) is 18.0 Å². The first kappa shape index (κ1) is 17.2. The molecule has 4 heterocycles. The fourth-order valence-electron chi connectivity index (χ4n) is 3.26. The minimum absolute atomic E-state index is 0.835. The molecule has 1 aliphatic heterocycles. The summed E-state index contributed by atoms with van der Waals surface area (Å²) < 4.78 is 2.13. The molecule has 8 nitrogen and oxygen atoms in total. The second-order valence-electron chi connectivity index (χ2n) is 6.22. The fraction of sp³-hybridized carbons (Fsp3) is 0.471. The molecule has 136 valence electrons. The smallest absolute Gasteiger partial charge is 0.225 e. The van der Waals surface area contributed by atoms with Gasteiger partial charge in [-0.25, -0.2) is 24.9 Å². The molecule has 0 radical (unpaired) electrons. The highest BCUT2D eigenvalue weighted by molar-refractivity contribution is 7.98. The van der Waals surface area contributed by atoms with Gasteiger partial charge in [-0.05, 0) is 25.3 Å². The molecule has 3 aromatic rings. The van der Waals surface area contributed by atoms with E-state index in [9.17, 15) is 0 Å². The molecule has 0 saturated carbocycles. The Labute approximate surface area is 156 Å². The molecule has 0 unspecified atom stereocenters. The Morgan fingerprint density at radius 3 is 2.54 bits per heavy atom. The number of hydrogen-bond donors (Lipinski definition) is 0. The van der Waals surface area contributed by atoms with Crippen molar-refractivity contribution in [1.29, 1.82) is 0 Å². The summed E-state index contributed by atoms with van der Waals surface area (Å²) in [5.41, 5.74) is 1.83. The van der Waals surface area contributed by atoms with Gasteiger partial charge < -0.3 is 9.47 Å². The summed E-state index contributed by atoms with van der Waals surface area (Å²) in [4.78, 5) is 26.6. The quantitative estimate of drug-likeness (QED) is 0.478. The summed E-state index contributed by atoms with van der Waals surface area (Å²) in [7, 11) is 0. The number of imidazole rings is 1. The summed E-state index contributed by atoms with van der Waals surface area (Å²) in [6.45, 7) is 6.03. The topological polar surface area (TPSA) is 75.9 Å². The summed E-state index contributed by atoms with van der Waals surface area (Å²) in [5, 5.41) is 0.938. The van der Waals surface area contributed by atoms with Crippen molar-refractivity contribution < 1.29 is 0 Å². The van der Waals surface area contributed by atoms with Crippen molar-refractivity contribution in [2.75, 3.05) is 43.9 Å². The fourth-order valence-corrected chi connectivity index (χ4v) is 3.75. The van der Waals surface area contributed by atoms with E-state index in [1.807, 2.05) is 18.6 Å². The minimum Gasteiger partial charge on any atom is -0.338 e. The number of anilines is 1. The first-order valence-electron chi connectivity index (χ1n) is 8.79. The maximum absolute atomic E-state index is 4.48. The highest BCUT2D eigenvalue weighted by atomic mass is 32.2. The lowest BCUT2D eigenvalue weighted by Crippen LogP contribution is -2.47. The average molecular weight is 370 g/mol. The molecular formula is C17H22N8S. The molecule has 0 aromatic carbocycles. The first-order valence-corrected chi connectivity index (χ1v) is 10.0. The van der Waals surface area contributed by atoms with Gasteiger partial charge in [0, 0.05) is 45.1 Å². The monoisotopic (exact) mass is 370 g/mol. The maximum Gasteiger partial charge on any atom is 0.225 e. The highest BCUT2D eigenvalue weighted by Crippen LogP contribution is 2.20. The Morgan fingerprint density at radius 2 is 1.77 bits per heavy atom. The zero-order chi connectivity index (χ0) is 17.8. The number of piperazine rings is 1. The van der Waals surface area contributed by atoms with Crippen LogP contribution in [0.3, 0.4) is 0 Å². The van der Waals surface area contributed by atoms with Crippen molar-refractivity contribution in [2.24, 2.45) is 0 Å². The van der Waals surface area contributed by atoms with Crippen molar-refractivity contribution in [3.05, 3.63) is 31.1 Å². The Hall–Kier alpha value is -2.26. The maximum atomic E-state index is 4.48. The molecule has 0 aliphatic carbocycles. The van der Waals surface area contributed by atoms with Crippen LogP contribution in [-0.2, 0) is 6.54 Å². The molecular weight excluding hydrogens is 348 g/mol. The Balaban J connectivity index is 1.28. The molecule has 4 rings (SSSR count). The molecule has 1 saturated heterocycles. The van der Waals surface area contributed by atoms with Gasteiger partial charge in [0.25, 0.3) is 0 Å². The van der Waals surface area contributed by atoms with Crippen molar-refractivity contribution >= 4 is 28.9 Å². The summed E-state index contributed by atoms with van der Waals surface area (Å²) in [6.07, 6.45) is 10.2. The second-order valence-corrected chi connectivity index (χ2v) is 7.02. The van der Waals surface area contributed by atoms with Gasteiger partial charge in [0.1, 0.15) is 16.9 Å². The molecule has 0 bridgehead atoms. The van der Waals surface area contributed by atoms with Crippen LogP contribution in [0.25, 0.3) is 11.2 Å². The van der Waals surface area contributed by atoms with Gasteiger partial charge in [0.15, 0.2) is 5.65 Å². The number of nitrogens with zero attached hydrogens (tertiary/aromatic N) is 8. The first-order chi connectivity index (χ1) is 12.8. The Kier molecular flexibility index (Phi) is 5.26. The van der Waals surface area contributed by atoms with Crippen molar-refractivity contribution in [1.82, 2.24) is 34.4 Å². The van der Waals surface area contributed by atoms with E-state index in [-0.39, 0.29) is 0 Å². The van der Waals surface area contributed by atoms with Crippen LogP contribution < -0.4 is 4.90 Å². The van der Waals surface area contributed by atoms with E-state index in [1.165, 1.54) is 0 Å². The van der Waals surface area contributed by atoms with Gasteiger partial charge in [0.05, 0.1) is 6.33 Å². The second kappa shape index (κ2) is 7.96. The van der Waals surface area contributed by atoms with Crippen molar-refractivity contribution in [3.63, 3.8) is 0 Å². The number of aromatic nitrogens is 6. The van der Waals surface area contributed by atoms with Crippen LogP contribution >= 0.6 is 11.8 Å². The summed E-state index contributed by atoms with van der Waals surface area (Å²) >= 11 is 1.61. The summed E-state index contributed by atoms with van der Waals surface area (Å²) in [6, 6.07) is 1.85. The third kappa shape index (κ3) is 3.63. The van der Waals surface area contributed by atoms with Gasteiger partial charge in [-0.1, -0.05) is 0 Å². The van der Waals surface area contributed by atoms with E-state index in [2.05, 4.69) is 39.3 Å². The lowest BCUT2D eigenvalue weighted by molar-refractivity contribution is 0.249. The van der Waals surface area contributed by atoms with Gasteiger partial charge in [0.2, 0.25) is 5.95 Å². The lowest BCUT2D eigenvalue weighted by atomic mass is 10.3. The van der Waals surface area contributed by atoms with Crippen LogP contribution in [0.5, 0.6) is 0 Å². The van der Waals surface area contributed by atoms with Gasteiger partial charge in [-0.15, -0.1) is 11.8 Å². The van der Waals surface area contributed by atoms with E-state index in [0.717, 1.165) is 67.8 Å². The standard InChI is InChI=1S/C17H22N8S/c1-26-16-14-15(20-12-21-16)25(13-22-14)7-3-6-23-8-10-24(11-9-23)17-18-4-2-5-19-17/h2,4-5,12-13H,3,6-11H2,1H3. The number of aryl methyl sites for hydroxylation is 1. The van der Waals surface area contributed by atoms with E-state index < -0.39 is 0 Å². The van der Waals surface area contributed by atoms with Gasteiger partial charge in [-0.3, -0.25) is 4.90 Å². The van der Waals surface area contributed by atoms with Crippen LogP contribution in [0.15, 0.2) is 36.1 Å². The molecule has 0 N–H and O–H groups in total. The third-order valence-corrected chi connectivity index (χ3v) is 5.33. The average Bonchev–Trinajstić information content (AvgIpc) is 3.12. The van der Waals surface area contributed by atoms with Gasteiger partial charge >= 0.3 is 0 Å². The van der Waals surface area contributed by atoms with E-state index in [1.54, 1.807) is 30.5 Å². The van der Waals surface area contributed by atoms with E-state index in [4.69, 9.17) is 0 Å². The molecule has 26 heavy (non-hydrogen) atoms. The highest BCUT2D eigenvalue weighted by Gasteiger charge is 2.18. The molecule has 0 spiro atoms. The molecule has 3 aromatic heterocycles. The van der Waals surface area contributed by atoms with Crippen LogP contribution in [0.2, 0.25) is 0 Å². The van der Waals surface area contributed by atoms with Crippen LogP contribution in [0, 0.1) is 0 Å². The molecule has 9 heteroatoms. The zero-order valence-corrected chi connectivity index (χ0v) is 15.6. The predicted molar refractivity (Wildman–Crippen MR) is 102 cm³/mol. The molecule has 1 fully saturated rings. The lowest BCUT2D eigenvalue weighted by Gasteiger charge is -2.34. The van der Waals surface area contributed by atoms with Gasteiger partial charge in [-0.2, -0.15) is 0 Å². The molecule has 0 amide bonds. The summed E-state index contributed by atoms with van der Waals surface area (Å²) in [5.74, 6) is 0.835. The number of thioether (sulfide) groups is 1. The SMILES string of the molecule is CSc1ncnc2c1ncn2CCCN1CCN(c2ncccn2)CC1. The molecule has 1 aliphatic rings. The zero-order valence-electron chi connectivity index (χ0n) is 14.8. The van der Waals surface area contributed by atoms with Crippen LogP contribution in [-0.4, -0.2) is 73.4 Å². The Morgan fingerprint density at radius 1 is 0.962 bits per heavy atom. The third-order valence-electron chi connectivity index (χ3n) is 4.64. The van der Waals surface area contributed by atoms with Crippen LogP contribution in [0.1, 0.15) is 6.42 Å². The van der Waals surface area contributed by atoms with Crippen LogP contribution in [0.4, 0.5) is 5.95 Å². The Bertz CT molecular complexity index is 844. The van der Waals surface area contributed by atoms with Crippen molar-refractivity contribution in [3.8, 4) is 0 Å². The largest absolute Gasteiger partial charge is 0.338 e. The van der Waals surface area contributed by atoms with E-state index >= 15 is 0 Å². The number of hydrogen-bond acceptors (Lipinski definition) is 8. The predicted octanol–water partition coefficient (Wildman–Crippen LogP) is 1.55. The number of rotatable bonds is 6.